The van der Waals surface area contributed by atoms with Gasteiger partial charge in [0.15, 0.2) is 0 Å². The largest absolute Gasteiger partial charge is 0.508 e. The number of benzene rings is 1. The van der Waals surface area contributed by atoms with Crippen molar-refractivity contribution in [2.45, 2.75) is 32.7 Å². The van der Waals surface area contributed by atoms with Crippen LogP contribution in [0.3, 0.4) is 0 Å². The zero-order valence-corrected chi connectivity index (χ0v) is 11.1. The Morgan fingerprint density at radius 1 is 1.17 bits per heavy atom. The van der Waals surface area contributed by atoms with Gasteiger partial charge in [-0.05, 0) is 43.5 Å². The van der Waals surface area contributed by atoms with Crippen LogP contribution in [0.15, 0.2) is 18.2 Å². The highest BCUT2D eigenvalue weighted by Crippen LogP contribution is 2.24. The maximum Gasteiger partial charge on any atom is 0.119 e. The van der Waals surface area contributed by atoms with E-state index in [2.05, 4.69) is 12.2 Å². The summed E-state index contributed by atoms with van der Waals surface area (Å²) in [5.74, 6) is 0.588. The SMILES string of the molecule is CCC(CCO)CNC(C)c1cc(O)cc(O)c1. The summed E-state index contributed by atoms with van der Waals surface area (Å²) in [6.45, 7) is 5.11. The Kier molecular flexibility index (Phi) is 5.95. The van der Waals surface area contributed by atoms with Crippen LogP contribution in [0.25, 0.3) is 0 Å². The van der Waals surface area contributed by atoms with Gasteiger partial charge in [0, 0.05) is 18.7 Å². The molecule has 2 atom stereocenters. The molecule has 0 fully saturated rings. The summed E-state index contributed by atoms with van der Waals surface area (Å²) >= 11 is 0. The van der Waals surface area contributed by atoms with Crippen molar-refractivity contribution >= 4 is 0 Å². The molecule has 0 radical (unpaired) electrons. The van der Waals surface area contributed by atoms with Gasteiger partial charge in [0.05, 0.1) is 0 Å². The third-order valence-electron chi connectivity index (χ3n) is 3.25. The molecule has 18 heavy (non-hydrogen) atoms. The second kappa shape index (κ2) is 7.24. The Balaban J connectivity index is 2.56. The molecule has 4 nitrogen and oxygen atoms in total. The topological polar surface area (TPSA) is 72.7 Å². The monoisotopic (exact) mass is 253 g/mol. The van der Waals surface area contributed by atoms with Crippen molar-refractivity contribution in [3.05, 3.63) is 23.8 Å². The Bertz CT molecular complexity index is 348. The van der Waals surface area contributed by atoms with Gasteiger partial charge in [-0.1, -0.05) is 13.3 Å². The van der Waals surface area contributed by atoms with E-state index in [9.17, 15) is 10.2 Å². The molecule has 0 aliphatic heterocycles. The molecule has 2 unspecified atom stereocenters. The van der Waals surface area contributed by atoms with Crippen LogP contribution in [0.2, 0.25) is 0 Å². The van der Waals surface area contributed by atoms with E-state index in [1.165, 1.54) is 6.07 Å². The molecule has 0 spiro atoms. The summed E-state index contributed by atoms with van der Waals surface area (Å²) in [6, 6.07) is 4.65. The molecular formula is C14H23NO3. The Morgan fingerprint density at radius 2 is 1.78 bits per heavy atom. The van der Waals surface area contributed by atoms with E-state index in [1.54, 1.807) is 12.1 Å². The smallest absolute Gasteiger partial charge is 0.119 e. The van der Waals surface area contributed by atoms with Crippen molar-refractivity contribution in [3.8, 4) is 11.5 Å². The molecule has 0 heterocycles. The van der Waals surface area contributed by atoms with Crippen LogP contribution in [0, 0.1) is 5.92 Å². The van der Waals surface area contributed by atoms with Crippen LogP contribution < -0.4 is 5.32 Å². The summed E-state index contributed by atoms with van der Waals surface area (Å²) in [7, 11) is 0. The Morgan fingerprint density at radius 3 is 2.28 bits per heavy atom. The molecule has 1 rings (SSSR count). The van der Waals surface area contributed by atoms with Gasteiger partial charge in [-0.2, -0.15) is 0 Å². The van der Waals surface area contributed by atoms with Crippen LogP contribution >= 0.6 is 0 Å². The molecule has 0 saturated carbocycles. The van der Waals surface area contributed by atoms with E-state index < -0.39 is 0 Å². The normalized spacial score (nSPS) is 14.4. The molecule has 0 aliphatic rings. The predicted molar refractivity (Wildman–Crippen MR) is 71.7 cm³/mol. The van der Waals surface area contributed by atoms with Crippen LogP contribution in [0.5, 0.6) is 11.5 Å². The molecule has 0 aliphatic carbocycles. The summed E-state index contributed by atoms with van der Waals surface area (Å²) in [5, 5.41) is 31.1. The third-order valence-corrected chi connectivity index (χ3v) is 3.25. The number of hydrogen-bond acceptors (Lipinski definition) is 4. The first-order valence-corrected chi connectivity index (χ1v) is 6.44. The van der Waals surface area contributed by atoms with E-state index in [-0.39, 0.29) is 24.1 Å². The second-order valence-electron chi connectivity index (χ2n) is 4.70. The lowest BCUT2D eigenvalue weighted by molar-refractivity contribution is 0.249. The highest BCUT2D eigenvalue weighted by Gasteiger charge is 2.11. The zero-order valence-electron chi connectivity index (χ0n) is 11.1. The highest BCUT2D eigenvalue weighted by atomic mass is 16.3. The maximum absolute atomic E-state index is 9.43. The van der Waals surface area contributed by atoms with Gasteiger partial charge < -0.3 is 20.6 Å². The fraction of sp³-hybridized carbons (Fsp3) is 0.571. The Labute approximate surface area is 108 Å². The molecular weight excluding hydrogens is 230 g/mol. The lowest BCUT2D eigenvalue weighted by Crippen LogP contribution is -2.26. The predicted octanol–water partition coefficient (Wildman–Crippen LogP) is 2.16. The number of aromatic hydroxyl groups is 2. The van der Waals surface area contributed by atoms with Crippen molar-refractivity contribution in [2.24, 2.45) is 5.92 Å². The molecule has 0 saturated heterocycles. The molecule has 1 aromatic carbocycles. The Hall–Kier alpha value is -1.26. The summed E-state index contributed by atoms with van der Waals surface area (Å²) < 4.78 is 0. The van der Waals surface area contributed by atoms with E-state index in [0.717, 1.165) is 24.9 Å². The van der Waals surface area contributed by atoms with Gasteiger partial charge in [-0.25, -0.2) is 0 Å². The van der Waals surface area contributed by atoms with Gasteiger partial charge in [-0.3, -0.25) is 0 Å². The minimum atomic E-state index is 0.0516. The summed E-state index contributed by atoms with van der Waals surface area (Å²) in [6.07, 6.45) is 1.81. The van der Waals surface area contributed by atoms with Crippen LogP contribution in [-0.2, 0) is 0 Å². The van der Waals surface area contributed by atoms with E-state index >= 15 is 0 Å². The van der Waals surface area contributed by atoms with Crippen LogP contribution in [-0.4, -0.2) is 28.5 Å². The molecule has 0 amide bonds. The number of phenols is 2. The van der Waals surface area contributed by atoms with Crippen molar-refractivity contribution in [1.29, 1.82) is 0 Å². The standard InChI is InChI=1S/C14H23NO3/c1-3-11(4-5-16)9-15-10(2)12-6-13(17)8-14(18)7-12/h6-8,10-11,15-18H,3-5,9H2,1-2H3. The van der Waals surface area contributed by atoms with E-state index in [0.29, 0.717) is 5.92 Å². The van der Waals surface area contributed by atoms with Crippen LogP contribution in [0.1, 0.15) is 38.3 Å². The fourth-order valence-corrected chi connectivity index (χ4v) is 1.96. The molecule has 0 bridgehead atoms. The lowest BCUT2D eigenvalue weighted by atomic mass is 10.0. The van der Waals surface area contributed by atoms with Gasteiger partial charge in [0.25, 0.3) is 0 Å². The van der Waals surface area contributed by atoms with Gasteiger partial charge >= 0.3 is 0 Å². The minimum absolute atomic E-state index is 0.0516. The average molecular weight is 253 g/mol. The molecule has 1 aromatic rings. The molecule has 4 N–H and O–H groups in total. The fourth-order valence-electron chi connectivity index (χ4n) is 1.96. The van der Waals surface area contributed by atoms with Crippen molar-refractivity contribution in [2.75, 3.05) is 13.2 Å². The highest BCUT2D eigenvalue weighted by molar-refractivity contribution is 5.37. The van der Waals surface area contributed by atoms with E-state index in [4.69, 9.17) is 5.11 Å². The van der Waals surface area contributed by atoms with Gasteiger partial charge in [0.2, 0.25) is 0 Å². The third kappa shape index (κ3) is 4.55. The maximum atomic E-state index is 9.43. The summed E-state index contributed by atoms with van der Waals surface area (Å²) in [4.78, 5) is 0. The number of aliphatic hydroxyl groups excluding tert-OH is 1. The quantitative estimate of drug-likeness (QED) is 0.601. The van der Waals surface area contributed by atoms with Crippen molar-refractivity contribution in [1.82, 2.24) is 5.32 Å². The molecule has 4 heteroatoms. The number of phenolic OH excluding ortho intramolecular Hbond substituents is 2. The first-order valence-electron chi connectivity index (χ1n) is 6.44. The first kappa shape index (κ1) is 14.8. The van der Waals surface area contributed by atoms with Crippen molar-refractivity contribution in [3.63, 3.8) is 0 Å². The van der Waals surface area contributed by atoms with Gasteiger partial charge in [0.1, 0.15) is 11.5 Å². The van der Waals surface area contributed by atoms with E-state index in [1.807, 2.05) is 6.92 Å². The minimum Gasteiger partial charge on any atom is -0.508 e. The number of rotatable bonds is 7. The molecule has 102 valence electrons. The van der Waals surface area contributed by atoms with Crippen LogP contribution in [0.4, 0.5) is 0 Å². The first-order chi connectivity index (χ1) is 8.56. The number of hydrogen-bond donors (Lipinski definition) is 4. The van der Waals surface area contributed by atoms with Crippen molar-refractivity contribution < 1.29 is 15.3 Å². The molecule has 0 aromatic heterocycles. The number of aliphatic hydroxyl groups is 1. The average Bonchev–Trinajstić information content (AvgIpc) is 2.32. The zero-order chi connectivity index (χ0) is 13.5. The number of nitrogens with one attached hydrogen (secondary N) is 1. The van der Waals surface area contributed by atoms with Gasteiger partial charge in [-0.15, -0.1) is 0 Å². The lowest BCUT2D eigenvalue weighted by Gasteiger charge is -2.19. The summed E-state index contributed by atoms with van der Waals surface area (Å²) in [5.41, 5.74) is 0.853. The second-order valence-corrected chi connectivity index (χ2v) is 4.70.